The van der Waals surface area contributed by atoms with E-state index in [4.69, 9.17) is 9.97 Å². The van der Waals surface area contributed by atoms with Crippen LogP contribution in [-0.4, -0.2) is 46.9 Å². The molecular weight excluding hydrogens is 2720 g/mol. The van der Waals surface area contributed by atoms with Crippen LogP contribution in [0, 0.1) is 153 Å². The molecule has 0 saturated carbocycles. The van der Waals surface area contributed by atoms with Gasteiger partial charge in [-0.3, -0.25) is 24.9 Å². The Morgan fingerprint density at radius 3 is 0.790 bits per heavy atom. The second kappa shape index (κ2) is 40.6. The largest absolute Gasteiger partial charge is 0.417 e. The summed E-state index contributed by atoms with van der Waals surface area (Å²) < 4.78 is 163. The molecule has 0 amide bonds. The van der Waals surface area contributed by atoms with Crippen LogP contribution in [0.2, 0.25) is 0 Å². The van der Waals surface area contributed by atoms with Gasteiger partial charge in [0.1, 0.15) is 17.5 Å². The SMILES string of the molecule is Cc1cc2c3ccc[c-]c3c3ncc(-c4c(C)cccc4C)n3c2cc1C.Cc1ccc2c(c1)c1ccc[c-]c1c1ncc(-c3c(C)cccc3C(F)(F)F)n21.Cc1ccc2c(c1)c1ccc[c-]c1c1ncc(-c3c(C)cccc3C)n21.Cc1ccc2c(c1)c1ccc[c-]c1c1ncc(-c3c(F)c(F)c(F)c(F)c3F)n21.Cc1ccc2c(c1)c1ccc[c-]c1c1ncc(-c3c(F)cc(F)cc3F)n21.[Ir].[Ir].[Ir].[Ir].[Ir]. The fraction of sp³-hybridized carbons (Fsp3) is 0.103. The fourth-order valence-electron chi connectivity index (χ4n) is 19.7. The summed E-state index contributed by atoms with van der Waals surface area (Å²) in [6, 6.07) is 92.4. The molecular formula is C117H78F11Ir5N10-5. The number of pyridine rings is 5. The van der Waals surface area contributed by atoms with Crippen molar-refractivity contribution < 1.29 is 149 Å². The molecule has 10 nitrogen and oxygen atoms in total. The van der Waals surface area contributed by atoms with Gasteiger partial charge in [-0.15, -0.1) is 148 Å². The number of alkyl halides is 3. The van der Waals surface area contributed by atoms with E-state index in [0.717, 1.165) is 117 Å². The summed E-state index contributed by atoms with van der Waals surface area (Å²) >= 11 is 0. The number of hydrogen-bond acceptors (Lipinski definition) is 5. The van der Waals surface area contributed by atoms with Crippen molar-refractivity contribution >= 4 is 137 Å². The van der Waals surface area contributed by atoms with E-state index in [-0.39, 0.29) is 123 Å². The summed E-state index contributed by atoms with van der Waals surface area (Å²) in [6.07, 6.45) is 3.61. The normalized spacial score (nSPS) is 11.4. The minimum absolute atomic E-state index is 0. The van der Waals surface area contributed by atoms with Crippen LogP contribution < -0.4 is 0 Å². The van der Waals surface area contributed by atoms with Crippen LogP contribution in [0.3, 0.4) is 0 Å². The topological polar surface area (TPSA) is 86.5 Å². The minimum Gasteiger partial charge on any atom is -0.333 e. The average Bonchev–Trinajstić information content (AvgIpc) is 1.63. The smallest absolute Gasteiger partial charge is 0.333 e. The monoisotopic (exact) mass is 2800 g/mol. The average molecular weight is 2790 g/mol. The molecule has 0 aliphatic carbocycles. The van der Waals surface area contributed by atoms with Gasteiger partial charge in [0.2, 0.25) is 5.82 Å². The van der Waals surface area contributed by atoms with Crippen LogP contribution in [0.5, 0.6) is 0 Å². The molecule has 0 fully saturated rings. The molecule has 5 radical (unpaired) electrons. The van der Waals surface area contributed by atoms with Crippen molar-refractivity contribution in [2.24, 2.45) is 0 Å². The third kappa shape index (κ3) is 17.6. The maximum absolute atomic E-state index is 14.5. The first kappa shape index (κ1) is 103. The number of nitrogens with zero attached hydrogens (tertiary/aromatic N) is 10. The quantitative estimate of drug-likeness (QED) is 0.0563. The first-order valence-electron chi connectivity index (χ1n) is 44.5. The van der Waals surface area contributed by atoms with Gasteiger partial charge in [0, 0.05) is 188 Å². The van der Waals surface area contributed by atoms with E-state index in [0.29, 0.717) is 51.2 Å². The van der Waals surface area contributed by atoms with Crippen LogP contribution in [0.25, 0.3) is 193 Å². The predicted octanol–water partition coefficient (Wildman–Crippen LogP) is 31.1. The number of fused-ring (bicyclic) bond motifs is 30. The van der Waals surface area contributed by atoms with Crippen molar-refractivity contribution in [1.29, 1.82) is 0 Å². The molecule has 0 aliphatic heterocycles. The summed E-state index contributed by atoms with van der Waals surface area (Å²) in [4.78, 5) is 22.8. The zero-order chi connectivity index (χ0) is 96.0. The summed E-state index contributed by atoms with van der Waals surface area (Å²) in [5.74, 6) is -12.9. The third-order valence-electron chi connectivity index (χ3n) is 26.1. The van der Waals surface area contributed by atoms with Gasteiger partial charge in [-0.1, -0.05) is 152 Å². The molecule has 0 saturated heterocycles. The number of halogens is 11. The van der Waals surface area contributed by atoms with Crippen molar-refractivity contribution in [2.75, 3.05) is 0 Å². The van der Waals surface area contributed by atoms with Crippen molar-refractivity contribution in [2.45, 2.75) is 82.3 Å². The second-order valence-electron chi connectivity index (χ2n) is 35.1. The second-order valence-corrected chi connectivity index (χ2v) is 35.1. The summed E-state index contributed by atoms with van der Waals surface area (Å²) in [7, 11) is 0. The van der Waals surface area contributed by atoms with Gasteiger partial charge in [0.15, 0.2) is 23.3 Å². The van der Waals surface area contributed by atoms with Crippen molar-refractivity contribution in [3.05, 3.63) is 417 Å². The Bertz CT molecular complexity index is 9360. The van der Waals surface area contributed by atoms with E-state index in [1.54, 1.807) is 53.8 Å². The van der Waals surface area contributed by atoms with Crippen LogP contribution >= 0.6 is 0 Å². The fourth-order valence-corrected chi connectivity index (χ4v) is 19.7. The number of benzene rings is 15. The Balaban J connectivity index is 0.000000127. The summed E-state index contributed by atoms with van der Waals surface area (Å²) in [5.41, 5.74) is 23.9. The first-order valence-corrected chi connectivity index (χ1v) is 44.5. The molecule has 0 spiro atoms. The van der Waals surface area contributed by atoms with E-state index in [2.05, 4.69) is 200 Å². The van der Waals surface area contributed by atoms with Gasteiger partial charge in [0.25, 0.3) is 0 Å². The van der Waals surface area contributed by atoms with E-state index in [1.807, 2.05) is 116 Å². The number of aromatic nitrogens is 10. The zero-order valence-corrected chi connectivity index (χ0v) is 89.8. The number of rotatable bonds is 5. The molecule has 723 valence electrons. The molecule has 0 N–H and O–H groups in total. The molecule has 15 aromatic carbocycles. The maximum Gasteiger partial charge on any atom is 0.417 e. The molecule has 10 aromatic heterocycles. The first-order chi connectivity index (χ1) is 66.5. The van der Waals surface area contributed by atoms with Crippen LogP contribution in [0.1, 0.15) is 66.8 Å². The van der Waals surface area contributed by atoms with Gasteiger partial charge < -0.3 is 22.0 Å². The molecule has 25 aromatic rings. The molecule has 25 rings (SSSR count). The number of imidazole rings is 5. The molecule has 0 atom stereocenters. The molecule has 0 unspecified atom stereocenters. The van der Waals surface area contributed by atoms with Gasteiger partial charge in [-0.25, -0.2) is 35.1 Å². The molecule has 26 heteroatoms. The standard InChI is InChI=1S/C25H21N2.C24H16F3N2.C24H19N2.C22H10F5N2.C22H12F3N2.5Ir/c1-15-8-7-9-16(2)24(15)23-14-26-25-20-11-6-5-10-19(20)21-12-17(3)18(4)13-22(21)27(23)25;1-14-10-11-20-18(12-14)16-7-3-4-8-17(16)23-28-13-21(29(20)23)22-15(2)6-5-9-19(22)24(25,26)27;1-15-11-12-21-20(13-15)18-9-4-5-10-19(18)24-25-14-22(26(21)24)23-16(2)7-6-8-17(23)3;1-10-6-7-14-13(8-10)11-4-2-3-5-12(11)22-28-9-15(29(14)22)16-17(23)19(25)21(27)20(26)18(16)24;1-12-6-7-19-16(8-12)14-4-2-3-5-15(14)22-26-11-20(27(19)22)21-17(24)9-13(23)10-18(21)25;;;;;/h5-10,12-14H,1-4H3;3-7,9-13H,1-2H3;4-9,11-14H,1-3H3;2-4,6-9H,1H3;2-4,6-11H,1H3;;;;;/q5*-1;;;;;. The van der Waals surface area contributed by atoms with Crippen LogP contribution in [0.15, 0.2) is 274 Å². The van der Waals surface area contributed by atoms with Crippen molar-refractivity contribution in [3.8, 4) is 56.3 Å². The van der Waals surface area contributed by atoms with Crippen molar-refractivity contribution in [3.63, 3.8) is 0 Å². The Morgan fingerprint density at radius 2 is 0.483 bits per heavy atom. The Kier molecular flexibility index (Phi) is 29.1. The van der Waals surface area contributed by atoms with Gasteiger partial charge in [-0.2, -0.15) is 13.2 Å². The van der Waals surface area contributed by atoms with Gasteiger partial charge in [0.05, 0.1) is 73.4 Å². The van der Waals surface area contributed by atoms with Crippen LogP contribution in [-0.2, 0) is 107 Å². The van der Waals surface area contributed by atoms with E-state index >= 15 is 0 Å². The Labute approximate surface area is 880 Å². The van der Waals surface area contributed by atoms with Gasteiger partial charge in [-0.05, 0) is 178 Å². The number of hydrogen-bond donors (Lipinski definition) is 0. The van der Waals surface area contributed by atoms with E-state index in [1.165, 1.54) is 106 Å². The van der Waals surface area contributed by atoms with E-state index < -0.39 is 63.8 Å². The summed E-state index contributed by atoms with van der Waals surface area (Å²) in [5, 5.41) is 14.6. The molecule has 0 aliphatic rings. The predicted molar refractivity (Wildman–Crippen MR) is 529 cm³/mol. The third-order valence-corrected chi connectivity index (χ3v) is 26.1. The minimum atomic E-state index is -4.46. The zero-order valence-electron chi connectivity index (χ0n) is 77.8. The molecule has 0 bridgehead atoms. The molecule has 10 heterocycles. The van der Waals surface area contributed by atoms with E-state index in [9.17, 15) is 48.3 Å². The van der Waals surface area contributed by atoms with Gasteiger partial charge >= 0.3 is 6.18 Å². The Morgan fingerprint density at radius 1 is 0.231 bits per heavy atom. The number of aryl methyl sites for hydroxylation is 11. The Hall–Kier alpha value is -13.2. The summed E-state index contributed by atoms with van der Waals surface area (Å²) in [6.45, 7) is 22.7. The van der Waals surface area contributed by atoms with Crippen molar-refractivity contribution in [1.82, 2.24) is 46.9 Å². The molecule has 143 heavy (non-hydrogen) atoms. The van der Waals surface area contributed by atoms with Crippen LogP contribution in [0.4, 0.5) is 48.3 Å². The maximum atomic E-state index is 14.5.